The van der Waals surface area contributed by atoms with Gasteiger partial charge < -0.3 is 41.3 Å². The third kappa shape index (κ3) is 4.24. The Bertz CT molecular complexity index is 1520. The van der Waals surface area contributed by atoms with Gasteiger partial charge in [-0.05, 0) is 30.0 Å². The quantitative estimate of drug-likeness (QED) is 0.226. The molecule has 2 aromatic rings. The van der Waals surface area contributed by atoms with Gasteiger partial charge in [0.15, 0.2) is 17.6 Å². The van der Waals surface area contributed by atoms with Crippen LogP contribution >= 0.6 is 0 Å². The Labute approximate surface area is 241 Å². The lowest BCUT2D eigenvalue weighted by molar-refractivity contribution is 0.00611. The van der Waals surface area contributed by atoms with E-state index in [1.165, 1.54) is 18.3 Å². The molecule has 1 aromatic carbocycles. The normalized spacial score (nSPS) is 28.5. The van der Waals surface area contributed by atoms with Gasteiger partial charge in [0.05, 0.1) is 35.9 Å². The zero-order valence-corrected chi connectivity index (χ0v) is 23.1. The zero-order chi connectivity index (χ0) is 29.8. The number of aliphatic hydroxyl groups is 1. The number of benzene rings is 1. The van der Waals surface area contributed by atoms with Gasteiger partial charge in [-0.1, -0.05) is 26.0 Å². The highest BCUT2D eigenvalue weighted by molar-refractivity contribution is 5.98. The van der Waals surface area contributed by atoms with E-state index < -0.39 is 41.7 Å². The molecule has 4 aliphatic rings. The topological polar surface area (TPSA) is 211 Å². The fourth-order valence-corrected chi connectivity index (χ4v) is 6.38. The molecule has 1 aromatic heterocycles. The summed E-state index contributed by atoms with van der Waals surface area (Å²) in [6.07, 6.45) is 0.915. The largest absolute Gasteiger partial charge is 0.492 e. The summed E-state index contributed by atoms with van der Waals surface area (Å²) in [5.41, 5.74) is 0.309. The summed E-state index contributed by atoms with van der Waals surface area (Å²) >= 11 is 0. The van der Waals surface area contributed by atoms with Crippen LogP contribution in [0.2, 0.25) is 0 Å². The first kappa shape index (κ1) is 27.3. The molecule has 2 amide bonds. The third-order valence-corrected chi connectivity index (χ3v) is 8.64. The number of carbonyl (C=O) groups is 2. The van der Waals surface area contributed by atoms with E-state index in [1.807, 2.05) is 18.2 Å². The molecule has 218 valence electrons. The van der Waals surface area contributed by atoms with Crippen LogP contribution in [0.4, 0.5) is 0 Å². The zero-order valence-electron chi connectivity index (χ0n) is 23.1. The summed E-state index contributed by atoms with van der Waals surface area (Å²) < 4.78 is 5.92. The van der Waals surface area contributed by atoms with Crippen LogP contribution in [0.25, 0.3) is 0 Å². The van der Waals surface area contributed by atoms with E-state index >= 15 is 0 Å². The summed E-state index contributed by atoms with van der Waals surface area (Å²) in [6.45, 7) is 4.86. The molecular weight excluding hydrogens is 540 g/mol. The Hall–Kier alpha value is -4.90. The number of para-hydroxylation sites is 1. The molecule has 5 atom stereocenters. The van der Waals surface area contributed by atoms with E-state index in [4.69, 9.17) is 20.8 Å². The van der Waals surface area contributed by atoms with Crippen LogP contribution in [0.3, 0.4) is 0 Å². The van der Waals surface area contributed by atoms with Gasteiger partial charge in [0.25, 0.3) is 11.8 Å². The molecule has 1 unspecified atom stereocenters. The van der Waals surface area contributed by atoms with E-state index in [2.05, 4.69) is 45.4 Å². The second-order valence-electron chi connectivity index (χ2n) is 11.6. The molecule has 0 bridgehead atoms. The average Bonchev–Trinajstić information content (AvgIpc) is 3.47. The Balaban J connectivity index is 1.21. The maximum atomic E-state index is 13.5. The molecular formula is C28H32N10O4. The first-order valence-electron chi connectivity index (χ1n) is 13.7. The lowest BCUT2D eigenvalue weighted by atomic mass is 9.79. The number of aliphatic hydroxyl groups excluding tert-OH is 1. The predicted molar refractivity (Wildman–Crippen MR) is 150 cm³/mol. The number of nitrogens with zero attached hydrogens (tertiary/aromatic N) is 3. The van der Waals surface area contributed by atoms with Gasteiger partial charge in [-0.3, -0.25) is 20.4 Å². The minimum Gasteiger partial charge on any atom is -0.492 e. The van der Waals surface area contributed by atoms with Gasteiger partial charge in [-0.25, -0.2) is 4.98 Å². The van der Waals surface area contributed by atoms with Gasteiger partial charge in [-0.15, -0.1) is 0 Å². The van der Waals surface area contributed by atoms with Crippen molar-refractivity contribution in [1.29, 1.82) is 16.1 Å². The SMILES string of the molecule is CC1(C)CCOc2c(C(=O)NC3CN4C(=N)N[C@@H](CNC(=O)c5ccc(C#N)cn5)[C@@H]5NC(=N)N[C@@]54[C@@H]3O)cccc21. The minimum atomic E-state index is -1.33. The van der Waals surface area contributed by atoms with Crippen molar-refractivity contribution < 1.29 is 19.4 Å². The summed E-state index contributed by atoms with van der Waals surface area (Å²) in [5, 5.41) is 52.5. The summed E-state index contributed by atoms with van der Waals surface area (Å²) in [7, 11) is 0. The number of ether oxygens (including phenoxy) is 1. The van der Waals surface area contributed by atoms with Crippen LogP contribution in [0.15, 0.2) is 36.5 Å². The Morgan fingerprint density at radius 2 is 2.05 bits per heavy atom. The number of rotatable bonds is 5. The van der Waals surface area contributed by atoms with Gasteiger partial charge in [0.1, 0.15) is 23.6 Å². The fraction of sp³-hybridized carbons (Fsp3) is 0.429. The second-order valence-corrected chi connectivity index (χ2v) is 11.6. The molecule has 4 aliphatic heterocycles. The van der Waals surface area contributed by atoms with Gasteiger partial charge in [0.2, 0.25) is 0 Å². The summed E-state index contributed by atoms with van der Waals surface area (Å²) in [5.74, 6) is -0.411. The van der Waals surface area contributed by atoms with E-state index in [0.29, 0.717) is 23.5 Å². The van der Waals surface area contributed by atoms with Gasteiger partial charge in [0, 0.05) is 24.8 Å². The molecule has 1 spiro atoms. The van der Waals surface area contributed by atoms with Crippen LogP contribution in [-0.4, -0.2) is 88.3 Å². The molecule has 14 heteroatoms. The average molecular weight is 573 g/mol. The molecule has 0 saturated carbocycles. The molecule has 5 heterocycles. The standard InChI is InChI=1S/C28H32N10O4/c1-27(2)8-9-42-20-15(4-3-5-16(20)27)23(40)34-19-13-38-26(31)35-18(21-28(38,22(19)39)37-25(30)36-21)12-33-24(41)17-7-6-14(10-29)11-32-17/h3-7,11,18-19,21-22,39H,8-9,12-13H2,1-2H3,(H2,31,35)(H,33,41)(H,34,40)(H3,30,36,37)/t18-,19?,21-,22+,28-/m0/s1. The molecule has 42 heavy (non-hydrogen) atoms. The number of nitriles is 1. The summed E-state index contributed by atoms with van der Waals surface area (Å²) in [6, 6.07) is 8.33. The number of pyridine rings is 1. The second kappa shape index (κ2) is 9.88. The van der Waals surface area contributed by atoms with E-state index in [1.54, 1.807) is 11.0 Å². The highest BCUT2D eigenvalue weighted by atomic mass is 16.5. The Morgan fingerprint density at radius 3 is 2.79 bits per heavy atom. The van der Waals surface area contributed by atoms with Crippen molar-refractivity contribution in [2.24, 2.45) is 0 Å². The number of hydrogen-bond acceptors (Lipinski definition) is 8. The van der Waals surface area contributed by atoms with Crippen molar-refractivity contribution in [3.8, 4) is 11.8 Å². The number of hydrogen-bond donors (Lipinski definition) is 8. The smallest absolute Gasteiger partial charge is 0.269 e. The van der Waals surface area contributed by atoms with E-state index in [0.717, 1.165) is 12.0 Å². The molecule has 3 fully saturated rings. The molecule has 14 nitrogen and oxygen atoms in total. The first-order chi connectivity index (χ1) is 20.0. The van der Waals surface area contributed by atoms with Crippen molar-refractivity contribution in [2.75, 3.05) is 19.7 Å². The van der Waals surface area contributed by atoms with Crippen molar-refractivity contribution in [1.82, 2.24) is 36.5 Å². The van der Waals surface area contributed by atoms with Gasteiger partial charge >= 0.3 is 0 Å². The maximum Gasteiger partial charge on any atom is 0.269 e. The summed E-state index contributed by atoms with van der Waals surface area (Å²) in [4.78, 5) is 31.9. The van der Waals surface area contributed by atoms with E-state index in [-0.39, 0.29) is 36.1 Å². The molecule has 0 radical (unpaired) electrons. The Morgan fingerprint density at radius 1 is 1.24 bits per heavy atom. The number of aromatic nitrogens is 1. The van der Waals surface area contributed by atoms with Crippen molar-refractivity contribution in [3.05, 3.63) is 58.9 Å². The highest BCUT2D eigenvalue weighted by Gasteiger charge is 2.66. The lowest BCUT2D eigenvalue weighted by Gasteiger charge is -2.49. The van der Waals surface area contributed by atoms with Crippen LogP contribution in [0, 0.1) is 22.1 Å². The van der Waals surface area contributed by atoms with Crippen LogP contribution in [-0.2, 0) is 5.41 Å². The van der Waals surface area contributed by atoms with Crippen LogP contribution < -0.4 is 31.3 Å². The Kier molecular flexibility index (Phi) is 6.42. The van der Waals surface area contributed by atoms with Crippen LogP contribution in [0.1, 0.15) is 52.2 Å². The maximum absolute atomic E-state index is 13.5. The third-order valence-electron chi connectivity index (χ3n) is 8.64. The fourth-order valence-electron chi connectivity index (χ4n) is 6.38. The van der Waals surface area contributed by atoms with Gasteiger partial charge in [-0.2, -0.15) is 5.26 Å². The highest BCUT2D eigenvalue weighted by Crippen LogP contribution is 2.41. The molecule has 8 N–H and O–H groups in total. The van der Waals surface area contributed by atoms with Crippen molar-refractivity contribution in [3.63, 3.8) is 0 Å². The lowest BCUT2D eigenvalue weighted by Crippen LogP contribution is -2.78. The minimum absolute atomic E-state index is 0.0241. The van der Waals surface area contributed by atoms with Crippen molar-refractivity contribution >= 4 is 23.7 Å². The van der Waals surface area contributed by atoms with Crippen molar-refractivity contribution in [2.45, 2.75) is 55.6 Å². The number of amides is 2. The molecule has 3 saturated heterocycles. The van der Waals surface area contributed by atoms with E-state index in [9.17, 15) is 14.7 Å². The first-order valence-corrected chi connectivity index (χ1v) is 13.7. The monoisotopic (exact) mass is 572 g/mol. The number of nitrogens with one attached hydrogen (secondary N) is 7. The van der Waals surface area contributed by atoms with Crippen LogP contribution in [0.5, 0.6) is 5.75 Å². The number of guanidine groups is 2. The predicted octanol–water partition coefficient (Wildman–Crippen LogP) is -0.683. The molecule has 0 aliphatic carbocycles. The molecule has 6 rings (SSSR count). The number of fused-ring (bicyclic) bond motifs is 1. The number of carbonyl (C=O) groups excluding carboxylic acids is 2.